The molecule has 0 atom stereocenters. The van der Waals surface area contributed by atoms with Gasteiger partial charge in [0.05, 0.1) is 0 Å². The van der Waals surface area contributed by atoms with Crippen LogP contribution in [0.4, 0.5) is 4.79 Å². The predicted molar refractivity (Wildman–Crippen MR) is 84.2 cm³/mol. The molecule has 0 aromatic heterocycles. The summed E-state index contributed by atoms with van der Waals surface area (Å²) in [6.45, 7) is 5.47. The average molecular weight is 290 g/mol. The Balaban J connectivity index is 1.77. The van der Waals surface area contributed by atoms with Crippen molar-refractivity contribution < 1.29 is 9.90 Å². The molecule has 0 unspecified atom stereocenters. The van der Waals surface area contributed by atoms with Crippen molar-refractivity contribution in [1.82, 2.24) is 10.6 Å². The first-order valence-electron chi connectivity index (χ1n) is 7.66. The molecule has 4 heteroatoms. The third kappa shape index (κ3) is 4.46. The molecule has 1 fully saturated rings. The van der Waals surface area contributed by atoms with E-state index in [1.54, 1.807) is 0 Å². The number of nitrogens with one attached hydrogen (secondary N) is 2. The third-order valence-corrected chi connectivity index (χ3v) is 4.34. The van der Waals surface area contributed by atoms with Crippen LogP contribution in [-0.2, 0) is 5.41 Å². The van der Waals surface area contributed by atoms with E-state index in [1.807, 2.05) is 32.0 Å². The molecule has 1 saturated carbocycles. The van der Waals surface area contributed by atoms with Crippen LogP contribution in [0.2, 0.25) is 0 Å². The Morgan fingerprint density at radius 2 is 1.90 bits per heavy atom. The molecule has 2 amide bonds. The fourth-order valence-electron chi connectivity index (χ4n) is 2.53. The van der Waals surface area contributed by atoms with E-state index < -0.39 is 0 Å². The van der Waals surface area contributed by atoms with Crippen molar-refractivity contribution >= 4 is 6.03 Å². The van der Waals surface area contributed by atoms with Crippen molar-refractivity contribution in [1.29, 1.82) is 0 Å². The van der Waals surface area contributed by atoms with Gasteiger partial charge in [-0.2, -0.15) is 0 Å². The number of aliphatic hydroxyl groups is 1. The molecule has 1 aliphatic rings. The fourth-order valence-corrected chi connectivity index (χ4v) is 2.53. The van der Waals surface area contributed by atoms with E-state index >= 15 is 0 Å². The zero-order valence-electron chi connectivity index (χ0n) is 13.0. The second-order valence-electron chi connectivity index (χ2n) is 6.82. The Hall–Kier alpha value is -1.55. The SMILES string of the molecule is CC(C)(CCO)CNC(=O)NCC1(c2ccccc2)CC1. The second kappa shape index (κ2) is 6.48. The zero-order valence-corrected chi connectivity index (χ0v) is 13.0. The van der Waals surface area contributed by atoms with Gasteiger partial charge in [0.15, 0.2) is 0 Å². The first-order chi connectivity index (χ1) is 9.97. The van der Waals surface area contributed by atoms with Crippen LogP contribution in [0.25, 0.3) is 0 Å². The molecule has 21 heavy (non-hydrogen) atoms. The molecular weight excluding hydrogens is 264 g/mol. The van der Waals surface area contributed by atoms with Gasteiger partial charge < -0.3 is 15.7 Å². The Kier molecular flexibility index (Phi) is 4.88. The van der Waals surface area contributed by atoms with Gasteiger partial charge in [0.25, 0.3) is 0 Å². The van der Waals surface area contributed by atoms with E-state index in [4.69, 9.17) is 5.11 Å². The highest BCUT2D eigenvalue weighted by Gasteiger charge is 2.44. The maximum atomic E-state index is 11.9. The Morgan fingerprint density at radius 3 is 2.48 bits per heavy atom. The summed E-state index contributed by atoms with van der Waals surface area (Å²) in [6, 6.07) is 10.3. The Morgan fingerprint density at radius 1 is 1.24 bits per heavy atom. The van der Waals surface area contributed by atoms with Gasteiger partial charge in [0.2, 0.25) is 0 Å². The zero-order chi connectivity index (χ0) is 15.3. The normalized spacial score (nSPS) is 16.3. The van der Waals surface area contributed by atoms with Crippen molar-refractivity contribution in [2.45, 2.75) is 38.5 Å². The summed E-state index contributed by atoms with van der Waals surface area (Å²) in [5.74, 6) is 0. The van der Waals surface area contributed by atoms with Crippen LogP contribution in [0.1, 0.15) is 38.7 Å². The smallest absolute Gasteiger partial charge is 0.314 e. The fraction of sp³-hybridized carbons (Fsp3) is 0.588. The average Bonchev–Trinajstić information content (AvgIpc) is 3.25. The summed E-state index contributed by atoms with van der Waals surface area (Å²) in [7, 11) is 0. The number of benzene rings is 1. The molecule has 0 aliphatic heterocycles. The maximum Gasteiger partial charge on any atom is 0.314 e. The highest BCUT2D eigenvalue weighted by Crippen LogP contribution is 2.47. The lowest BCUT2D eigenvalue weighted by molar-refractivity contribution is 0.201. The third-order valence-electron chi connectivity index (χ3n) is 4.34. The van der Waals surface area contributed by atoms with E-state index in [-0.39, 0.29) is 23.5 Å². The van der Waals surface area contributed by atoms with E-state index in [0.29, 0.717) is 19.5 Å². The van der Waals surface area contributed by atoms with Gasteiger partial charge in [0, 0.05) is 25.1 Å². The number of urea groups is 1. The summed E-state index contributed by atoms with van der Waals surface area (Å²) < 4.78 is 0. The summed E-state index contributed by atoms with van der Waals surface area (Å²) in [6.07, 6.45) is 2.95. The number of carbonyl (C=O) groups excluding carboxylic acids is 1. The van der Waals surface area contributed by atoms with Gasteiger partial charge in [0.1, 0.15) is 0 Å². The Bertz CT molecular complexity index is 467. The molecule has 0 heterocycles. The molecule has 3 N–H and O–H groups in total. The molecule has 0 bridgehead atoms. The van der Waals surface area contributed by atoms with Crippen LogP contribution >= 0.6 is 0 Å². The van der Waals surface area contributed by atoms with E-state index in [2.05, 4.69) is 22.8 Å². The molecular formula is C17H26N2O2. The second-order valence-corrected chi connectivity index (χ2v) is 6.82. The van der Waals surface area contributed by atoms with Crippen molar-refractivity contribution in [3.63, 3.8) is 0 Å². The number of hydrogen-bond acceptors (Lipinski definition) is 2. The number of carbonyl (C=O) groups is 1. The minimum atomic E-state index is -0.122. The summed E-state index contributed by atoms with van der Waals surface area (Å²) in [5, 5.41) is 14.9. The molecule has 0 radical (unpaired) electrons. The lowest BCUT2D eigenvalue weighted by Gasteiger charge is -2.24. The van der Waals surface area contributed by atoms with Crippen molar-refractivity contribution in [3.8, 4) is 0 Å². The van der Waals surface area contributed by atoms with Crippen molar-refractivity contribution in [2.75, 3.05) is 19.7 Å². The topological polar surface area (TPSA) is 61.4 Å². The largest absolute Gasteiger partial charge is 0.396 e. The molecule has 4 nitrogen and oxygen atoms in total. The quantitative estimate of drug-likeness (QED) is 0.722. The van der Waals surface area contributed by atoms with Crippen LogP contribution in [0, 0.1) is 5.41 Å². The standard InChI is InChI=1S/C17H26N2O2/c1-16(2,10-11-20)12-18-15(21)19-13-17(8-9-17)14-6-4-3-5-7-14/h3-7,20H,8-13H2,1-2H3,(H2,18,19,21). The lowest BCUT2D eigenvalue weighted by atomic mass is 9.90. The summed E-state index contributed by atoms with van der Waals surface area (Å²) >= 11 is 0. The van der Waals surface area contributed by atoms with Gasteiger partial charge in [-0.1, -0.05) is 44.2 Å². The molecule has 1 aliphatic carbocycles. The predicted octanol–water partition coefficient (Wildman–Crippen LogP) is 2.43. The lowest BCUT2D eigenvalue weighted by Crippen LogP contribution is -2.43. The van der Waals surface area contributed by atoms with Gasteiger partial charge in [-0.3, -0.25) is 0 Å². The van der Waals surface area contributed by atoms with Gasteiger partial charge in [-0.25, -0.2) is 4.79 Å². The summed E-state index contributed by atoms with van der Waals surface area (Å²) in [4.78, 5) is 11.9. The van der Waals surface area contributed by atoms with Crippen LogP contribution in [0.15, 0.2) is 30.3 Å². The van der Waals surface area contributed by atoms with Crippen LogP contribution in [0.3, 0.4) is 0 Å². The molecule has 1 aromatic rings. The monoisotopic (exact) mass is 290 g/mol. The number of amides is 2. The highest BCUT2D eigenvalue weighted by molar-refractivity contribution is 5.74. The molecule has 0 saturated heterocycles. The van der Waals surface area contributed by atoms with Crippen molar-refractivity contribution in [2.24, 2.45) is 5.41 Å². The number of rotatable bonds is 7. The highest BCUT2D eigenvalue weighted by atomic mass is 16.3. The van der Waals surface area contributed by atoms with Crippen LogP contribution in [0.5, 0.6) is 0 Å². The number of hydrogen-bond donors (Lipinski definition) is 3. The van der Waals surface area contributed by atoms with Crippen molar-refractivity contribution in [3.05, 3.63) is 35.9 Å². The summed E-state index contributed by atoms with van der Waals surface area (Å²) in [5.41, 5.74) is 1.37. The first-order valence-corrected chi connectivity index (χ1v) is 7.66. The van der Waals surface area contributed by atoms with E-state index in [9.17, 15) is 4.79 Å². The minimum absolute atomic E-state index is 0.0806. The minimum Gasteiger partial charge on any atom is -0.396 e. The molecule has 1 aromatic carbocycles. The van der Waals surface area contributed by atoms with E-state index in [0.717, 1.165) is 12.8 Å². The van der Waals surface area contributed by atoms with Gasteiger partial charge >= 0.3 is 6.03 Å². The molecule has 0 spiro atoms. The first kappa shape index (κ1) is 15.8. The van der Waals surface area contributed by atoms with Gasteiger partial charge in [-0.15, -0.1) is 0 Å². The van der Waals surface area contributed by atoms with Crippen LogP contribution < -0.4 is 10.6 Å². The molecule has 116 valence electrons. The Labute approximate surface area is 126 Å². The maximum absolute atomic E-state index is 11.9. The molecule has 2 rings (SSSR count). The number of aliphatic hydroxyl groups excluding tert-OH is 1. The van der Waals surface area contributed by atoms with Gasteiger partial charge in [-0.05, 0) is 30.2 Å². The van der Waals surface area contributed by atoms with Crippen LogP contribution in [-0.4, -0.2) is 30.8 Å². The van der Waals surface area contributed by atoms with E-state index in [1.165, 1.54) is 5.56 Å².